The van der Waals surface area contributed by atoms with Gasteiger partial charge in [0.25, 0.3) is 0 Å². The van der Waals surface area contributed by atoms with Gasteiger partial charge in [-0.25, -0.2) is 0 Å². The van der Waals surface area contributed by atoms with Gasteiger partial charge < -0.3 is 4.90 Å². The summed E-state index contributed by atoms with van der Waals surface area (Å²) in [4.78, 5) is 2.15. The molecule has 0 unspecified atom stereocenters. The summed E-state index contributed by atoms with van der Waals surface area (Å²) in [5.41, 5.74) is 1.19. The maximum absolute atomic E-state index is 5.10. The average Bonchev–Trinajstić information content (AvgIpc) is 2.65. The second-order valence-corrected chi connectivity index (χ2v) is 5.75. The first-order chi connectivity index (χ1) is 6.77. The van der Waals surface area contributed by atoms with Crippen LogP contribution in [-0.4, -0.2) is 7.05 Å². The van der Waals surface area contributed by atoms with Crippen molar-refractivity contribution in [2.45, 2.75) is 0 Å². The van der Waals surface area contributed by atoms with Gasteiger partial charge in [0.05, 0.1) is 0 Å². The van der Waals surface area contributed by atoms with Crippen LogP contribution in [0.25, 0.3) is 0 Å². The predicted octanol–water partition coefficient (Wildman–Crippen LogP) is 4.31. The number of hydrogen-bond donors (Lipinski definition) is 0. The molecule has 1 aromatic carbocycles. The van der Waals surface area contributed by atoms with Crippen LogP contribution in [0.5, 0.6) is 0 Å². The van der Waals surface area contributed by atoms with Gasteiger partial charge in [-0.05, 0) is 12.1 Å². The third-order valence-corrected chi connectivity index (χ3v) is 4.84. The number of hydrogen-bond acceptors (Lipinski definition) is 4. The molecule has 0 spiro atoms. The maximum Gasteiger partial charge on any atom is 0.108 e. The quantitative estimate of drug-likeness (QED) is 0.567. The Labute approximate surface area is 95.6 Å². The second kappa shape index (κ2) is 4.21. The van der Waals surface area contributed by atoms with Crippen LogP contribution in [-0.2, 0) is 0 Å². The molecule has 0 saturated carbocycles. The van der Waals surface area contributed by atoms with Gasteiger partial charge in [0, 0.05) is 18.8 Å². The number of anilines is 2. The van der Waals surface area contributed by atoms with Crippen molar-refractivity contribution < 1.29 is 0 Å². The zero-order valence-corrected chi connectivity index (χ0v) is 10.1. The van der Waals surface area contributed by atoms with E-state index in [0.717, 1.165) is 3.82 Å². The molecule has 14 heavy (non-hydrogen) atoms. The molecule has 4 heteroatoms. The zero-order valence-electron chi connectivity index (χ0n) is 7.64. The Bertz CT molecular complexity index is 457. The van der Waals surface area contributed by atoms with Gasteiger partial charge in [-0.2, -0.15) is 0 Å². The minimum absolute atomic E-state index is 0.952. The Balaban J connectivity index is 2.33. The van der Waals surface area contributed by atoms with Gasteiger partial charge in [-0.15, -0.1) is 0 Å². The van der Waals surface area contributed by atoms with Crippen LogP contribution in [0.4, 0.5) is 10.7 Å². The fourth-order valence-corrected chi connectivity index (χ4v) is 3.57. The SMILES string of the molecule is CN(c1ccccc1)c1cc(=S)ss1. The lowest BCUT2D eigenvalue weighted by molar-refractivity contribution is 1.24. The summed E-state index contributed by atoms with van der Waals surface area (Å²) in [7, 11) is 5.42. The molecular weight excluding hydrogens is 230 g/mol. The molecule has 1 aromatic heterocycles. The molecule has 0 fully saturated rings. The normalized spacial score (nSPS) is 10.1. The second-order valence-electron chi connectivity index (χ2n) is 2.86. The van der Waals surface area contributed by atoms with E-state index < -0.39 is 0 Å². The molecule has 0 bridgehead atoms. The number of benzene rings is 1. The van der Waals surface area contributed by atoms with E-state index in [9.17, 15) is 0 Å². The highest BCUT2D eigenvalue weighted by Crippen LogP contribution is 2.31. The highest BCUT2D eigenvalue weighted by Gasteiger charge is 2.04. The number of nitrogens with zero attached hydrogens (tertiary/aromatic N) is 1. The van der Waals surface area contributed by atoms with Crippen LogP contribution >= 0.6 is 32.9 Å². The first kappa shape index (κ1) is 9.83. The summed E-state index contributed by atoms with van der Waals surface area (Å²) in [5, 5.41) is 1.20. The standard InChI is InChI=1S/C10H9NS3/c1-11(8-5-3-2-4-6-8)9-7-10(12)14-13-9/h2-7H,1H3. The van der Waals surface area contributed by atoms with E-state index >= 15 is 0 Å². The fourth-order valence-electron chi connectivity index (χ4n) is 1.16. The monoisotopic (exact) mass is 239 g/mol. The molecule has 72 valence electrons. The van der Waals surface area contributed by atoms with E-state index in [0.29, 0.717) is 0 Å². The van der Waals surface area contributed by atoms with Crippen molar-refractivity contribution in [2.24, 2.45) is 0 Å². The summed E-state index contributed by atoms with van der Waals surface area (Å²) in [6.45, 7) is 0. The van der Waals surface area contributed by atoms with E-state index in [1.165, 1.54) is 10.7 Å². The summed E-state index contributed by atoms with van der Waals surface area (Å²) in [6.07, 6.45) is 0. The molecule has 2 aromatic rings. The van der Waals surface area contributed by atoms with Crippen LogP contribution in [0, 0.1) is 3.82 Å². The van der Waals surface area contributed by atoms with E-state index in [1.54, 1.807) is 20.7 Å². The van der Waals surface area contributed by atoms with E-state index in [4.69, 9.17) is 12.2 Å². The van der Waals surface area contributed by atoms with Crippen molar-refractivity contribution >= 4 is 43.6 Å². The Morgan fingerprint density at radius 1 is 1.14 bits per heavy atom. The predicted molar refractivity (Wildman–Crippen MR) is 67.5 cm³/mol. The summed E-state index contributed by atoms with van der Waals surface area (Å²) < 4.78 is 0.952. The summed E-state index contributed by atoms with van der Waals surface area (Å²) in [6, 6.07) is 12.3. The summed E-state index contributed by atoms with van der Waals surface area (Å²) >= 11 is 5.10. The van der Waals surface area contributed by atoms with Gasteiger partial charge in [-0.1, -0.05) is 51.1 Å². The lowest BCUT2D eigenvalue weighted by atomic mass is 10.3. The molecule has 0 radical (unpaired) electrons. The number of para-hydroxylation sites is 1. The topological polar surface area (TPSA) is 3.24 Å². The van der Waals surface area contributed by atoms with Crippen molar-refractivity contribution in [3.05, 3.63) is 40.2 Å². The lowest BCUT2D eigenvalue weighted by Gasteiger charge is -2.15. The van der Waals surface area contributed by atoms with E-state index in [2.05, 4.69) is 24.1 Å². The van der Waals surface area contributed by atoms with Crippen LogP contribution in [0.2, 0.25) is 0 Å². The zero-order chi connectivity index (χ0) is 9.97. The molecule has 0 aliphatic carbocycles. The highest BCUT2D eigenvalue weighted by molar-refractivity contribution is 7.80. The molecule has 0 saturated heterocycles. The van der Waals surface area contributed by atoms with Gasteiger partial charge in [0.15, 0.2) is 0 Å². The first-order valence-electron chi connectivity index (χ1n) is 4.16. The Morgan fingerprint density at radius 2 is 1.86 bits per heavy atom. The van der Waals surface area contributed by atoms with E-state index in [1.807, 2.05) is 24.3 Å². The van der Waals surface area contributed by atoms with E-state index in [-0.39, 0.29) is 0 Å². The van der Waals surface area contributed by atoms with Crippen molar-refractivity contribution in [2.75, 3.05) is 11.9 Å². The highest BCUT2D eigenvalue weighted by atomic mass is 32.9. The van der Waals surface area contributed by atoms with Crippen LogP contribution < -0.4 is 4.90 Å². The molecule has 0 atom stereocenters. The average molecular weight is 239 g/mol. The molecule has 1 nitrogen and oxygen atoms in total. The van der Waals surface area contributed by atoms with Gasteiger partial charge in [0.1, 0.15) is 8.82 Å². The minimum atomic E-state index is 0.952. The first-order valence-corrected chi connectivity index (χ1v) is 6.72. The van der Waals surface area contributed by atoms with Crippen molar-refractivity contribution in [3.63, 3.8) is 0 Å². The Hall–Kier alpha value is -0.710. The van der Waals surface area contributed by atoms with Crippen LogP contribution in [0.15, 0.2) is 36.4 Å². The fraction of sp³-hybridized carbons (Fsp3) is 0.100. The third kappa shape index (κ3) is 2.03. The Kier molecular flexibility index (Phi) is 2.96. The van der Waals surface area contributed by atoms with Crippen LogP contribution in [0.3, 0.4) is 0 Å². The van der Waals surface area contributed by atoms with Gasteiger partial charge in [0.2, 0.25) is 0 Å². The smallest absolute Gasteiger partial charge is 0.108 e. The van der Waals surface area contributed by atoms with Crippen molar-refractivity contribution in [1.29, 1.82) is 0 Å². The molecule has 0 N–H and O–H groups in total. The molecular formula is C10H9NS3. The van der Waals surface area contributed by atoms with Crippen molar-refractivity contribution in [3.8, 4) is 0 Å². The van der Waals surface area contributed by atoms with Gasteiger partial charge in [-0.3, -0.25) is 0 Å². The molecule has 0 amide bonds. The largest absolute Gasteiger partial charge is 0.336 e. The molecule has 0 aliphatic rings. The van der Waals surface area contributed by atoms with Crippen LogP contribution in [0.1, 0.15) is 0 Å². The number of rotatable bonds is 2. The lowest BCUT2D eigenvalue weighted by Crippen LogP contribution is -2.06. The minimum Gasteiger partial charge on any atom is -0.336 e. The van der Waals surface area contributed by atoms with Gasteiger partial charge >= 0.3 is 0 Å². The molecule has 2 rings (SSSR count). The maximum atomic E-state index is 5.10. The third-order valence-electron chi connectivity index (χ3n) is 1.92. The molecule has 0 aliphatic heterocycles. The van der Waals surface area contributed by atoms with Crippen molar-refractivity contribution in [1.82, 2.24) is 0 Å². The molecule has 1 heterocycles. The summed E-state index contributed by atoms with van der Waals surface area (Å²) in [5.74, 6) is 0. The Morgan fingerprint density at radius 3 is 2.43 bits per heavy atom.